The Labute approximate surface area is 128 Å². The molecule has 1 N–H and O–H groups in total. The number of alkyl halides is 2. The van der Waals surface area contributed by atoms with Gasteiger partial charge in [0.1, 0.15) is 11.6 Å². The van der Waals surface area contributed by atoms with Gasteiger partial charge >= 0.3 is 5.97 Å². The van der Waals surface area contributed by atoms with Crippen LogP contribution in [0.15, 0.2) is 48.5 Å². The number of carboxylic acids is 1. The maximum Gasteiger partial charge on any atom is 0.350 e. The van der Waals surface area contributed by atoms with Crippen molar-refractivity contribution in [1.29, 1.82) is 0 Å². The van der Waals surface area contributed by atoms with Crippen LogP contribution in [0.1, 0.15) is 11.1 Å². The first-order valence-corrected chi connectivity index (χ1v) is 7.35. The highest BCUT2D eigenvalue weighted by Crippen LogP contribution is 2.34. The Morgan fingerprint density at radius 3 is 1.43 bits per heavy atom. The Balaban J connectivity index is 0.00000106. The van der Waals surface area contributed by atoms with Crippen LogP contribution in [-0.4, -0.2) is 16.9 Å². The van der Waals surface area contributed by atoms with E-state index in [0.29, 0.717) is 0 Å². The van der Waals surface area contributed by atoms with Gasteiger partial charge in [-0.2, -0.15) is 0 Å². The second kappa shape index (κ2) is 7.26. The zero-order valence-electron chi connectivity index (χ0n) is 11.0. The van der Waals surface area contributed by atoms with Gasteiger partial charge in [0.05, 0.1) is 0 Å². The lowest BCUT2D eigenvalue weighted by Crippen LogP contribution is -2.32. The topological polar surface area (TPSA) is 37.3 Å². The van der Waals surface area contributed by atoms with Crippen LogP contribution < -0.4 is 0 Å². The summed E-state index contributed by atoms with van der Waals surface area (Å²) >= 11 is 2.94. The summed E-state index contributed by atoms with van der Waals surface area (Å²) in [6.45, 7) is 0. The van der Waals surface area contributed by atoms with E-state index in [1.165, 1.54) is 0 Å². The molecule has 0 saturated heterocycles. The fourth-order valence-electron chi connectivity index (χ4n) is 1.77. The van der Waals surface area contributed by atoms with Gasteiger partial charge in [-0.05, 0) is 30.1 Å². The molecule has 0 aromatic heterocycles. The maximum atomic E-state index is 14.8. The van der Waals surface area contributed by atoms with Crippen molar-refractivity contribution in [3.63, 3.8) is 0 Å². The van der Waals surface area contributed by atoms with Crippen LogP contribution in [0.4, 0.5) is 13.2 Å². The molecular weight excluding hydrogens is 349 g/mol. The van der Waals surface area contributed by atoms with Crippen molar-refractivity contribution in [3.05, 3.63) is 71.3 Å². The number of halogens is 4. The minimum Gasteiger partial charge on any atom is -0.478 e. The van der Waals surface area contributed by atoms with Crippen LogP contribution in [0.2, 0.25) is 0 Å². The second-order valence-corrected chi connectivity index (χ2v) is 3.98. The van der Waals surface area contributed by atoms with Gasteiger partial charge in [-0.25, -0.2) is 18.0 Å². The van der Waals surface area contributed by atoms with Crippen molar-refractivity contribution in [3.8, 4) is 0 Å². The second-order valence-electron chi connectivity index (χ2n) is 3.98. The lowest BCUT2D eigenvalue weighted by atomic mass is 9.88. The van der Waals surface area contributed by atoms with Crippen LogP contribution in [0.25, 0.3) is 0 Å². The average molecular weight is 361 g/mol. The Hall–Kier alpha value is -1.82. The van der Waals surface area contributed by atoms with Crippen molar-refractivity contribution < 1.29 is 23.1 Å². The van der Waals surface area contributed by atoms with E-state index in [-0.39, 0.29) is 11.1 Å². The van der Waals surface area contributed by atoms with E-state index in [1.54, 1.807) is 0 Å². The number of hydrogen-bond acceptors (Lipinski definition) is 1. The third-order valence-electron chi connectivity index (χ3n) is 2.78. The zero-order chi connectivity index (χ0) is 16.0. The van der Waals surface area contributed by atoms with Crippen LogP contribution in [0, 0.1) is 11.6 Å². The molecule has 2 aromatic carbocycles. The molecule has 0 bridgehead atoms. The molecule has 21 heavy (non-hydrogen) atoms. The minimum absolute atomic E-state index is 0.229. The number of hydrogen-bond donors (Lipinski definition) is 1. The van der Waals surface area contributed by atoms with Gasteiger partial charge in [-0.15, -0.1) is 0 Å². The highest BCUT2D eigenvalue weighted by atomic mass is 79.9. The Morgan fingerprint density at radius 2 is 1.19 bits per heavy atom. The predicted octanol–water partition coefficient (Wildman–Crippen LogP) is 4.27. The molecule has 0 unspecified atom stereocenters. The highest BCUT2D eigenvalue weighted by molar-refractivity contribution is 9.08. The SMILES string of the molecule is CBr.O=C(O)C(F)(c1ccc(F)cc1)c1ccc(F)cc1. The summed E-state index contributed by atoms with van der Waals surface area (Å²) in [7, 11) is 0. The van der Waals surface area contributed by atoms with Crippen LogP contribution in [-0.2, 0) is 10.5 Å². The van der Waals surface area contributed by atoms with Crippen LogP contribution in [0.3, 0.4) is 0 Å². The zero-order valence-corrected chi connectivity index (χ0v) is 12.6. The van der Waals surface area contributed by atoms with Gasteiger partial charge in [-0.1, -0.05) is 40.2 Å². The van der Waals surface area contributed by atoms with Gasteiger partial charge in [0.15, 0.2) is 0 Å². The molecule has 2 rings (SSSR count). The quantitative estimate of drug-likeness (QED) is 0.829. The van der Waals surface area contributed by atoms with Crippen molar-refractivity contribution in [2.45, 2.75) is 5.67 Å². The molecule has 0 aliphatic heterocycles. The minimum atomic E-state index is -2.85. The maximum absolute atomic E-state index is 14.8. The summed E-state index contributed by atoms with van der Waals surface area (Å²) in [5, 5.41) is 9.12. The molecule has 0 aliphatic carbocycles. The number of carbonyl (C=O) groups is 1. The Morgan fingerprint density at radius 1 is 0.905 bits per heavy atom. The van der Waals surface area contributed by atoms with Crippen molar-refractivity contribution in [2.75, 3.05) is 5.83 Å². The summed E-state index contributed by atoms with van der Waals surface area (Å²) in [5.74, 6) is -1.13. The summed E-state index contributed by atoms with van der Waals surface area (Å²) in [5.41, 5.74) is -3.30. The van der Waals surface area contributed by atoms with E-state index >= 15 is 0 Å². The smallest absolute Gasteiger partial charge is 0.350 e. The largest absolute Gasteiger partial charge is 0.478 e. The number of benzene rings is 2. The molecule has 0 atom stereocenters. The molecule has 2 aromatic rings. The van der Waals surface area contributed by atoms with E-state index in [4.69, 9.17) is 5.11 Å². The summed E-state index contributed by atoms with van der Waals surface area (Å²) in [4.78, 5) is 11.2. The summed E-state index contributed by atoms with van der Waals surface area (Å²) in [6.07, 6.45) is 0. The van der Waals surface area contributed by atoms with Gasteiger partial charge in [0, 0.05) is 11.1 Å². The van der Waals surface area contributed by atoms with Gasteiger partial charge < -0.3 is 5.11 Å². The first kappa shape index (κ1) is 17.2. The molecule has 0 radical (unpaired) electrons. The Bertz CT molecular complexity index is 552. The van der Waals surface area contributed by atoms with Gasteiger partial charge in [0.25, 0.3) is 5.67 Å². The van der Waals surface area contributed by atoms with Crippen LogP contribution in [0.5, 0.6) is 0 Å². The molecule has 0 heterocycles. The number of aliphatic carboxylic acids is 1. The van der Waals surface area contributed by atoms with Gasteiger partial charge in [-0.3, -0.25) is 0 Å². The van der Waals surface area contributed by atoms with Crippen LogP contribution >= 0.6 is 15.9 Å². The summed E-state index contributed by atoms with van der Waals surface area (Å²) < 4.78 is 40.4. The van der Waals surface area contributed by atoms with Crippen molar-refractivity contribution >= 4 is 21.9 Å². The highest BCUT2D eigenvalue weighted by Gasteiger charge is 2.42. The van der Waals surface area contributed by atoms with E-state index in [0.717, 1.165) is 48.5 Å². The molecule has 2 nitrogen and oxygen atoms in total. The molecule has 0 aliphatic rings. The van der Waals surface area contributed by atoms with E-state index in [9.17, 15) is 18.0 Å². The third kappa shape index (κ3) is 3.64. The lowest BCUT2D eigenvalue weighted by Gasteiger charge is -2.21. The van der Waals surface area contributed by atoms with Crippen molar-refractivity contribution in [1.82, 2.24) is 0 Å². The Kier molecular flexibility index (Phi) is 5.96. The normalized spacial score (nSPS) is 10.5. The molecule has 112 valence electrons. The van der Waals surface area contributed by atoms with E-state index in [2.05, 4.69) is 15.9 Å². The fraction of sp³-hybridized carbons (Fsp3) is 0.133. The molecular formula is C15H12BrF3O2. The number of carboxylic acid groups (broad SMARTS) is 1. The standard InChI is InChI=1S/C14H9F3O2.CH3Br/c15-11-5-1-9(2-6-11)14(17,13(18)19)10-3-7-12(16)8-4-10;1-2/h1-8H,(H,18,19);1H3. The van der Waals surface area contributed by atoms with Crippen molar-refractivity contribution in [2.24, 2.45) is 0 Å². The summed E-state index contributed by atoms with van der Waals surface area (Å²) in [6, 6.07) is 8.07. The number of rotatable bonds is 3. The predicted molar refractivity (Wildman–Crippen MR) is 77.2 cm³/mol. The fourth-order valence-corrected chi connectivity index (χ4v) is 1.77. The third-order valence-corrected chi connectivity index (χ3v) is 2.78. The van der Waals surface area contributed by atoms with Gasteiger partial charge in [0.2, 0.25) is 0 Å². The average Bonchev–Trinajstić information content (AvgIpc) is 2.49. The molecule has 0 spiro atoms. The molecule has 6 heteroatoms. The molecule has 0 saturated carbocycles. The lowest BCUT2D eigenvalue weighted by molar-refractivity contribution is -0.148. The molecule has 0 fully saturated rings. The first-order valence-electron chi connectivity index (χ1n) is 5.77. The van der Waals surface area contributed by atoms with E-state index in [1.807, 2.05) is 5.83 Å². The first-order chi connectivity index (χ1) is 9.94. The molecule has 0 amide bonds. The monoisotopic (exact) mass is 360 g/mol. The van der Waals surface area contributed by atoms with E-state index < -0.39 is 23.3 Å².